The van der Waals surface area contributed by atoms with Crippen molar-refractivity contribution in [1.29, 1.82) is 0 Å². The van der Waals surface area contributed by atoms with E-state index in [0.29, 0.717) is 35.6 Å². The SMILES string of the molecule is Cc1cc([C@H]2CN(S(N)(=O)=O)CCO2)n2nc(C3CCC(C(F)(F)F)CC3)cc2n1. The number of alkyl halides is 3. The summed E-state index contributed by atoms with van der Waals surface area (Å²) in [6, 6.07) is 3.58. The molecule has 3 heterocycles. The first-order valence-corrected chi connectivity index (χ1v) is 11.4. The number of fused-ring (bicyclic) bond motifs is 1. The standard InChI is InChI=1S/C18H24F3N5O3S/c1-11-8-15(16-10-25(6-7-29-16)30(22,27)28)26-17(23-11)9-14(24-26)12-2-4-13(5-3-12)18(19,20)21/h8-9,12-13,16H,2-7,10H2,1H3,(H2,22,27,28)/t12?,13?,16-/m1/s1. The third-order valence-corrected chi connectivity index (χ3v) is 6.98. The van der Waals surface area contributed by atoms with Crippen molar-refractivity contribution in [2.45, 2.75) is 50.8 Å². The zero-order valence-electron chi connectivity index (χ0n) is 16.5. The smallest absolute Gasteiger partial charge is 0.369 e. The van der Waals surface area contributed by atoms with Crippen LogP contribution in [0.5, 0.6) is 0 Å². The molecule has 0 aromatic carbocycles. The van der Waals surface area contributed by atoms with Crippen molar-refractivity contribution >= 4 is 15.9 Å². The maximum absolute atomic E-state index is 13.0. The monoisotopic (exact) mass is 447 g/mol. The second-order valence-electron chi connectivity index (χ2n) is 8.01. The summed E-state index contributed by atoms with van der Waals surface area (Å²) < 4.78 is 70.9. The number of nitrogens with zero attached hydrogens (tertiary/aromatic N) is 4. The Morgan fingerprint density at radius 1 is 1.20 bits per heavy atom. The van der Waals surface area contributed by atoms with Gasteiger partial charge in [-0.2, -0.15) is 31.0 Å². The molecule has 2 N–H and O–H groups in total. The Morgan fingerprint density at radius 2 is 1.90 bits per heavy atom. The second-order valence-corrected chi connectivity index (χ2v) is 9.56. The fourth-order valence-corrected chi connectivity index (χ4v) is 5.00. The van der Waals surface area contributed by atoms with Crippen molar-refractivity contribution in [3.63, 3.8) is 0 Å². The van der Waals surface area contributed by atoms with E-state index in [1.54, 1.807) is 16.6 Å². The van der Waals surface area contributed by atoms with E-state index in [1.807, 2.05) is 6.92 Å². The van der Waals surface area contributed by atoms with Crippen molar-refractivity contribution in [2.75, 3.05) is 19.7 Å². The van der Waals surface area contributed by atoms with E-state index in [1.165, 1.54) is 0 Å². The molecule has 1 aliphatic heterocycles. The van der Waals surface area contributed by atoms with Crippen LogP contribution >= 0.6 is 0 Å². The average Bonchev–Trinajstić information content (AvgIpc) is 3.10. The van der Waals surface area contributed by atoms with Crippen molar-refractivity contribution in [3.05, 3.63) is 29.2 Å². The van der Waals surface area contributed by atoms with Crippen LogP contribution in [0.15, 0.2) is 12.1 Å². The summed E-state index contributed by atoms with van der Waals surface area (Å²) in [7, 11) is -3.84. The second kappa shape index (κ2) is 7.74. The third kappa shape index (κ3) is 4.32. The first-order chi connectivity index (χ1) is 14.0. The number of aryl methyl sites for hydroxylation is 1. The van der Waals surface area contributed by atoms with Gasteiger partial charge in [0.25, 0.3) is 10.2 Å². The summed E-state index contributed by atoms with van der Waals surface area (Å²) in [4.78, 5) is 4.48. The molecule has 0 radical (unpaired) electrons. The van der Waals surface area contributed by atoms with E-state index in [9.17, 15) is 21.6 Å². The van der Waals surface area contributed by atoms with E-state index in [2.05, 4.69) is 10.1 Å². The maximum Gasteiger partial charge on any atom is 0.391 e. The lowest BCUT2D eigenvalue weighted by Gasteiger charge is -2.31. The van der Waals surface area contributed by atoms with Crippen molar-refractivity contribution in [1.82, 2.24) is 18.9 Å². The molecule has 0 unspecified atom stereocenters. The minimum absolute atomic E-state index is 0.0588. The van der Waals surface area contributed by atoms with Crippen LogP contribution < -0.4 is 5.14 Å². The molecular formula is C18H24F3N5O3S. The highest BCUT2D eigenvalue weighted by molar-refractivity contribution is 7.86. The number of halogens is 3. The van der Waals surface area contributed by atoms with Gasteiger partial charge in [0.1, 0.15) is 6.10 Å². The molecule has 0 amide bonds. The molecule has 1 saturated carbocycles. The van der Waals surface area contributed by atoms with Gasteiger partial charge in [-0.15, -0.1) is 0 Å². The van der Waals surface area contributed by atoms with Crippen LogP contribution in [0, 0.1) is 12.8 Å². The van der Waals surface area contributed by atoms with Crippen LogP contribution in [0.4, 0.5) is 13.2 Å². The minimum Gasteiger partial charge on any atom is -0.369 e. The summed E-state index contributed by atoms with van der Waals surface area (Å²) in [6.07, 6.45) is -3.70. The van der Waals surface area contributed by atoms with Crippen molar-refractivity contribution in [3.8, 4) is 0 Å². The molecule has 8 nitrogen and oxygen atoms in total. The fraction of sp³-hybridized carbons (Fsp3) is 0.667. The molecule has 1 saturated heterocycles. The molecule has 0 bridgehead atoms. The van der Waals surface area contributed by atoms with E-state index in [0.717, 1.165) is 4.31 Å². The number of hydrogen-bond acceptors (Lipinski definition) is 5. The topological polar surface area (TPSA) is 103 Å². The lowest BCUT2D eigenvalue weighted by molar-refractivity contribution is -0.182. The Bertz CT molecular complexity index is 1030. The molecule has 1 atom stereocenters. The Hall–Kier alpha value is -1.76. The van der Waals surface area contributed by atoms with Crippen LogP contribution in [0.2, 0.25) is 0 Å². The average molecular weight is 447 g/mol. The maximum atomic E-state index is 13.0. The van der Waals surface area contributed by atoms with Gasteiger partial charge in [0.2, 0.25) is 0 Å². The third-order valence-electron chi connectivity index (χ3n) is 5.93. The Morgan fingerprint density at radius 3 is 2.53 bits per heavy atom. The quantitative estimate of drug-likeness (QED) is 0.779. The van der Waals surface area contributed by atoms with Crippen LogP contribution in [-0.4, -0.2) is 53.2 Å². The van der Waals surface area contributed by atoms with Crippen LogP contribution in [0.1, 0.15) is 54.8 Å². The summed E-state index contributed by atoms with van der Waals surface area (Å²) in [5, 5.41) is 9.88. The number of rotatable bonds is 3. The summed E-state index contributed by atoms with van der Waals surface area (Å²) in [5.74, 6) is -1.31. The van der Waals surface area contributed by atoms with E-state index < -0.39 is 28.4 Å². The van der Waals surface area contributed by atoms with Gasteiger partial charge in [-0.1, -0.05) is 0 Å². The van der Waals surface area contributed by atoms with Gasteiger partial charge in [-0.25, -0.2) is 14.6 Å². The first-order valence-electron chi connectivity index (χ1n) is 9.86. The summed E-state index contributed by atoms with van der Waals surface area (Å²) in [5.41, 5.74) is 2.62. The van der Waals surface area contributed by atoms with E-state index in [4.69, 9.17) is 9.88 Å². The molecule has 0 spiro atoms. The largest absolute Gasteiger partial charge is 0.391 e. The zero-order valence-corrected chi connectivity index (χ0v) is 17.3. The van der Waals surface area contributed by atoms with Crippen molar-refractivity contribution in [2.24, 2.45) is 11.1 Å². The summed E-state index contributed by atoms with van der Waals surface area (Å²) >= 11 is 0. The normalized spacial score (nSPS) is 26.9. The van der Waals surface area contributed by atoms with Crippen LogP contribution in [-0.2, 0) is 14.9 Å². The minimum atomic E-state index is -4.15. The first kappa shape index (κ1) is 21.5. The molecule has 166 valence electrons. The van der Waals surface area contributed by atoms with Crippen LogP contribution in [0.3, 0.4) is 0 Å². The highest BCUT2D eigenvalue weighted by Crippen LogP contribution is 2.42. The predicted molar refractivity (Wildman–Crippen MR) is 102 cm³/mol. The van der Waals surface area contributed by atoms with Gasteiger partial charge in [0.15, 0.2) is 5.65 Å². The molecule has 2 aromatic rings. The van der Waals surface area contributed by atoms with Gasteiger partial charge in [0, 0.05) is 30.8 Å². The Balaban J connectivity index is 1.61. The van der Waals surface area contributed by atoms with Gasteiger partial charge in [0.05, 0.1) is 23.9 Å². The Kier molecular flexibility index (Phi) is 5.54. The molecule has 2 aromatic heterocycles. The predicted octanol–water partition coefficient (Wildman–Crippen LogP) is 2.45. The van der Waals surface area contributed by atoms with Gasteiger partial charge in [-0.3, -0.25) is 0 Å². The summed E-state index contributed by atoms with van der Waals surface area (Å²) in [6.45, 7) is 2.24. The molecular weight excluding hydrogens is 423 g/mol. The number of hydrogen-bond donors (Lipinski definition) is 1. The van der Waals surface area contributed by atoms with Gasteiger partial charge >= 0.3 is 6.18 Å². The highest BCUT2D eigenvalue weighted by Gasteiger charge is 2.42. The molecule has 1 aliphatic carbocycles. The van der Waals surface area contributed by atoms with Gasteiger partial charge < -0.3 is 4.74 Å². The zero-order chi connectivity index (χ0) is 21.7. The number of nitrogens with two attached hydrogens (primary N) is 1. The Labute approximate surface area is 172 Å². The van der Waals surface area contributed by atoms with Gasteiger partial charge in [-0.05, 0) is 38.7 Å². The highest BCUT2D eigenvalue weighted by atomic mass is 32.2. The van der Waals surface area contributed by atoms with Crippen molar-refractivity contribution < 1.29 is 26.3 Å². The van der Waals surface area contributed by atoms with E-state index in [-0.39, 0.29) is 38.5 Å². The lowest BCUT2D eigenvalue weighted by atomic mass is 9.80. The molecule has 4 rings (SSSR count). The molecule has 2 fully saturated rings. The van der Waals surface area contributed by atoms with Crippen LogP contribution in [0.25, 0.3) is 5.65 Å². The molecule has 2 aliphatic rings. The number of aromatic nitrogens is 3. The number of ether oxygens (including phenoxy) is 1. The number of morpholine rings is 1. The van der Waals surface area contributed by atoms with E-state index >= 15 is 0 Å². The molecule has 30 heavy (non-hydrogen) atoms. The molecule has 12 heteroatoms. The fourth-order valence-electron chi connectivity index (χ4n) is 4.33. The lowest BCUT2D eigenvalue weighted by Crippen LogP contribution is -2.45.